The molecule has 0 spiro atoms. The normalized spacial score (nSPS) is 15.4. The first-order valence-electron chi connectivity index (χ1n) is 10.0. The topological polar surface area (TPSA) is 94.2 Å². The summed E-state index contributed by atoms with van der Waals surface area (Å²) in [4.78, 5) is 13.0. The lowest BCUT2D eigenvalue weighted by Gasteiger charge is -2.19. The Labute approximate surface area is 183 Å². The van der Waals surface area contributed by atoms with Crippen molar-refractivity contribution in [3.05, 3.63) is 47.5 Å². The van der Waals surface area contributed by atoms with Crippen molar-refractivity contribution in [2.45, 2.75) is 30.7 Å². The summed E-state index contributed by atoms with van der Waals surface area (Å²) in [5.41, 5.74) is 1.03. The molecule has 1 aliphatic rings. The maximum atomic E-state index is 12.9. The number of nitrogens with zero attached hydrogens (tertiary/aromatic N) is 1. The lowest BCUT2D eigenvalue weighted by molar-refractivity contribution is 0.0939. The van der Waals surface area contributed by atoms with E-state index in [4.69, 9.17) is 14.2 Å². The first-order chi connectivity index (χ1) is 14.8. The number of sulfonamides is 1. The third kappa shape index (κ3) is 4.77. The van der Waals surface area contributed by atoms with Gasteiger partial charge in [0.15, 0.2) is 11.5 Å². The first-order valence-corrected chi connectivity index (χ1v) is 11.5. The van der Waals surface area contributed by atoms with Crippen LogP contribution in [0.25, 0.3) is 0 Å². The summed E-state index contributed by atoms with van der Waals surface area (Å²) in [6.45, 7) is 2.84. The maximum absolute atomic E-state index is 12.9. The van der Waals surface area contributed by atoms with Crippen LogP contribution >= 0.6 is 0 Å². The van der Waals surface area contributed by atoms with Crippen LogP contribution in [0.3, 0.4) is 0 Å². The lowest BCUT2D eigenvalue weighted by atomic mass is 10.1. The molecule has 0 bridgehead atoms. The summed E-state index contributed by atoms with van der Waals surface area (Å²) >= 11 is 0. The highest BCUT2D eigenvalue weighted by Gasteiger charge is 2.28. The van der Waals surface area contributed by atoms with E-state index in [1.54, 1.807) is 24.3 Å². The van der Waals surface area contributed by atoms with Crippen LogP contribution in [0.4, 0.5) is 0 Å². The van der Waals surface area contributed by atoms with Gasteiger partial charge in [-0.1, -0.05) is 6.07 Å². The fourth-order valence-electron chi connectivity index (χ4n) is 3.59. The second kappa shape index (κ2) is 9.57. The molecule has 2 aromatic rings. The maximum Gasteiger partial charge on any atom is 0.251 e. The molecule has 8 nitrogen and oxygen atoms in total. The van der Waals surface area contributed by atoms with Gasteiger partial charge in [0.1, 0.15) is 0 Å². The molecule has 1 atom stereocenters. The van der Waals surface area contributed by atoms with Crippen molar-refractivity contribution < 1.29 is 27.4 Å². The van der Waals surface area contributed by atoms with Gasteiger partial charge in [0.25, 0.3) is 5.91 Å². The van der Waals surface area contributed by atoms with Gasteiger partial charge in [-0.3, -0.25) is 4.79 Å². The second-order valence-corrected chi connectivity index (χ2v) is 9.23. The Morgan fingerprint density at radius 1 is 1.00 bits per heavy atom. The molecule has 1 saturated heterocycles. The Morgan fingerprint density at radius 3 is 2.16 bits per heavy atom. The molecule has 1 heterocycles. The van der Waals surface area contributed by atoms with Gasteiger partial charge in [0, 0.05) is 18.7 Å². The Kier molecular flexibility index (Phi) is 7.07. The van der Waals surface area contributed by atoms with E-state index in [1.807, 2.05) is 6.92 Å². The van der Waals surface area contributed by atoms with Gasteiger partial charge in [-0.25, -0.2) is 8.42 Å². The van der Waals surface area contributed by atoms with Gasteiger partial charge in [-0.2, -0.15) is 4.31 Å². The Morgan fingerprint density at radius 2 is 1.61 bits per heavy atom. The van der Waals surface area contributed by atoms with E-state index in [-0.39, 0.29) is 22.4 Å². The number of hydrogen-bond donors (Lipinski definition) is 1. The molecule has 9 heteroatoms. The van der Waals surface area contributed by atoms with Crippen LogP contribution in [0.2, 0.25) is 0 Å². The average Bonchev–Trinajstić information content (AvgIpc) is 3.34. The standard InChI is InChI=1S/C22H28N2O6S/c1-15(17-13-19(28-2)21(30-4)20(14-17)29-3)23-22(25)16-8-7-9-18(12-16)31(26,27)24-10-5-6-11-24/h7-9,12-15H,5-6,10-11H2,1-4H3,(H,23,25). The van der Waals surface area contributed by atoms with E-state index in [2.05, 4.69) is 5.32 Å². The summed E-state index contributed by atoms with van der Waals surface area (Å²) in [5.74, 6) is 1.06. The number of benzene rings is 2. The van der Waals surface area contributed by atoms with Crippen LogP contribution in [0.15, 0.2) is 41.3 Å². The summed E-state index contributed by atoms with van der Waals surface area (Å²) < 4.78 is 43.2. The van der Waals surface area contributed by atoms with E-state index in [0.29, 0.717) is 30.3 Å². The zero-order chi connectivity index (χ0) is 22.6. The molecule has 168 valence electrons. The van der Waals surface area contributed by atoms with Crippen molar-refractivity contribution in [1.29, 1.82) is 0 Å². The minimum Gasteiger partial charge on any atom is -0.493 e. The van der Waals surface area contributed by atoms with Gasteiger partial charge in [-0.05, 0) is 55.7 Å². The van der Waals surface area contributed by atoms with Gasteiger partial charge >= 0.3 is 0 Å². The third-order valence-corrected chi connectivity index (χ3v) is 7.23. The summed E-state index contributed by atoms with van der Waals surface area (Å²) in [6.07, 6.45) is 1.71. The summed E-state index contributed by atoms with van der Waals surface area (Å²) in [7, 11) is 0.976. The first kappa shape index (κ1) is 22.9. The molecular formula is C22H28N2O6S. The fraction of sp³-hybridized carbons (Fsp3) is 0.409. The molecule has 1 unspecified atom stereocenters. The zero-order valence-corrected chi connectivity index (χ0v) is 19.0. The van der Waals surface area contributed by atoms with Crippen LogP contribution in [0, 0.1) is 0 Å². The third-order valence-electron chi connectivity index (χ3n) is 5.33. The average molecular weight is 449 g/mol. The highest BCUT2D eigenvalue weighted by molar-refractivity contribution is 7.89. The van der Waals surface area contributed by atoms with Crippen molar-refractivity contribution >= 4 is 15.9 Å². The van der Waals surface area contributed by atoms with Crippen molar-refractivity contribution in [2.24, 2.45) is 0 Å². The SMILES string of the molecule is COc1cc(C(C)NC(=O)c2cccc(S(=O)(=O)N3CCCC3)c2)cc(OC)c1OC. The quantitative estimate of drug-likeness (QED) is 0.667. The molecule has 1 N–H and O–H groups in total. The predicted octanol–water partition coefficient (Wildman–Crippen LogP) is 2.99. The zero-order valence-electron chi connectivity index (χ0n) is 18.2. The van der Waals surface area contributed by atoms with Crippen LogP contribution < -0.4 is 19.5 Å². The molecule has 1 amide bonds. The van der Waals surface area contributed by atoms with Crippen LogP contribution in [-0.2, 0) is 10.0 Å². The minimum absolute atomic E-state index is 0.127. The number of rotatable bonds is 8. The number of ether oxygens (including phenoxy) is 3. The number of hydrogen-bond acceptors (Lipinski definition) is 6. The second-order valence-electron chi connectivity index (χ2n) is 7.29. The molecule has 1 aliphatic heterocycles. The lowest BCUT2D eigenvalue weighted by Crippen LogP contribution is -2.29. The van der Waals surface area contributed by atoms with Gasteiger partial charge in [0.2, 0.25) is 15.8 Å². The van der Waals surface area contributed by atoms with Gasteiger partial charge in [-0.15, -0.1) is 0 Å². The summed E-state index contributed by atoms with van der Waals surface area (Å²) in [6, 6.07) is 9.27. The number of methoxy groups -OCH3 is 3. The molecular weight excluding hydrogens is 420 g/mol. The van der Waals surface area contributed by atoms with E-state index >= 15 is 0 Å². The highest BCUT2D eigenvalue weighted by Crippen LogP contribution is 2.39. The van der Waals surface area contributed by atoms with Crippen molar-refractivity contribution in [3.63, 3.8) is 0 Å². The van der Waals surface area contributed by atoms with Crippen LogP contribution in [0.5, 0.6) is 17.2 Å². The van der Waals surface area contributed by atoms with Crippen LogP contribution in [-0.4, -0.2) is 53.0 Å². The van der Waals surface area contributed by atoms with E-state index in [1.165, 1.54) is 37.8 Å². The van der Waals surface area contributed by atoms with Gasteiger partial charge in [0.05, 0.1) is 32.3 Å². The van der Waals surface area contributed by atoms with E-state index in [9.17, 15) is 13.2 Å². The van der Waals surface area contributed by atoms with Gasteiger partial charge < -0.3 is 19.5 Å². The largest absolute Gasteiger partial charge is 0.493 e. The number of nitrogens with one attached hydrogen (secondary N) is 1. The monoisotopic (exact) mass is 448 g/mol. The number of carbonyl (C=O) groups excluding carboxylic acids is 1. The smallest absolute Gasteiger partial charge is 0.251 e. The molecule has 0 saturated carbocycles. The molecule has 0 radical (unpaired) electrons. The minimum atomic E-state index is -3.59. The Bertz CT molecular complexity index is 1020. The Hall–Kier alpha value is -2.78. The van der Waals surface area contributed by atoms with Crippen molar-refractivity contribution in [2.75, 3.05) is 34.4 Å². The molecule has 0 aromatic heterocycles. The highest BCUT2D eigenvalue weighted by atomic mass is 32.2. The Balaban J connectivity index is 1.82. The summed E-state index contributed by atoms with van der Waals surface area (Å²) in [5, 5.41) is 2.90. The fourth-order valence-corrected chi connectivity index (χ4v) is 5.15. The molecule has 2 aromatic carbocycles. The molecule has 3 rings (SSSR count). The number of carbonyl (C=O) groups is 1. The number of amides is 1. The predicted molar refractivity (Wildman–Crippen MR) is 116 cm³/mol. The molecule has 1 fully saturated rings. The molecule has 31 heavy (non-hydrogen) atoms. The van der Waals surface area contributed by atoms with Crippen LogP contribution in [0.1, 0.15) is 41.7 Å². The van der Waals surface area contributed by atoms with Crippen molar-refractivity contribution in [1.82, 2.24) is 9.62 Å². The molecule has 0 aliphatic carbocycles. The van der Waals surface area contributed by atoms with E-state index < -0.39 is 10.0 Å². The van der Waals surface area contributed by atoms with E-state index in [0.717, 1.165) is 18.4 Å². The van der Waals surface area contributed by atoms with Crippen molar-refractivity contribution in [3.8, 4) is 17.2 Å².